The number of allylic oxidation sites excluding steroid dienone is 1. The predicted octanol–water partition coefficient (Wildman–Crippen LogP) is 5.36. The molecule has 1 atom stereocenters. The highest BCUT2D eigenvalue weighted by molar-refractivity contribution is 6.01. The van der Waals surface area contributed by atoms with Crippen molar-refractivity contribution in [2.24, 2.45) is 0 Å². The van der Waals surface area contributed by atoms with Crippen molar-refractivity contribution >= 4 is 29.4 Å². The third-order valence-electron chi connectivity index (χ3n) is 5.34. The first-order chi connectivity index (χ1) is 14.3. The summed E-state index contributed by atoms with van der Waals surface area (Å²) in [6, 6.07) is 15.5. The molecule has 0 spiro atoms. The number of rotatable bonds is 3. The monoisotopic (exact) mass is 403 g/mol. The van der Waals surface area contributed by atoms with Crippen LogP contribution in [0.4, 0.5) is 4.79 Å². The number of aldehydes is 1. The van der Waals surface area contributed by atoms with Crippen molar-refractivity contribution in [2.75, 3.05) is 7.11 Å². The number of hydrogen-bond acceptors (Lipinski definition) is 4. The first-order valence-corrected chi connectivity index (χ1v) is 9.99. The molecule has 0 aliphatic heterocycles. The molecular formula is C25H25NO4. The lowest BCUT2D eigenvalue weighted by Crippen LogP contribution is -2.29. The molecule has 4 rings (SSSR count). The van der Waals surface area contributed by atoms with Crippen LogP contribution < -0.4 is 4.74 Å². The number of carbonyl (C=O) groups is 2. The predicted molar refractivity (Wildman–Crippen MR) is 117 cm³/mol. The van der Waals surface area contributed by atoms with Crippen molar-refractivity contribution < 1.29 is 19.1 Å². The molecule has 1 heterocycles. The van der Waals surface area contributed by atoms with Crippen LogP contribution in [0.5, 0.6) is 5.75 Å². The Balaban J connectivity index is 1.95. The van der Waals surface area contributed by atoms with Gasteiger partial charge in [-0.25, -0.2) is 9.36 Å². The maximum Gasteiger partial charge on any atom is 0.419 e. The highest BCUT2D eigenvalue weighted by Gasteiger charge is 2.31. The molecule has 1 aliphatic rings. The highest BCUT2D eigenvalue weighted by atomic mass is 16.6. The molecule has 2 aromatic carbocycles. The van der Waals surface area contributed by atoms with Gasteiger partial charge in [-0.15, -0.1) is 0 Å². The van der Waals surface area contributed by atoms with Crippen LogP contribution in [0.1, 0.15) is 43.5 Å². The fourth-order valence-corrected chi connectivity index (χ4v) is 4.04. The Morgan fingerprint density at radius 3 is 2.50 bits per heavy atom. The average Bonchev–Trinajstić information content (AvgIpc) is 3.04. The minimum Gasteiger partial charge on any atom is -0.497 e. The van der Waals surface area contributed by atoms with Crippen molar-refractivity contribution in [3.8, 4) is 5.75 Å². The van der Waals surface area contributed by atoms with Crippen molar-refractivity contribution in [2.45, 2.75) is 38.7 Å². The largest absolute Gasteiger partial charge is 0.497 e. The fraction of sp³-hybridized carbons (Fsp3) is 0.280. The Bertz CT molecular complexity index is 1150. The van der Waals surface area contributed by atoms with E-state index < -0.39 is 11.7 Å². The summed E-state index contributed by atoms with van der Waals surface area (Å²) in [6.45, 7) is 5.55. The highest BCUT2D eigenvalue weighted by Crippen LogP contribution is 2.40. The number of carbonyl (C=O) groups excluding carboxylic acids is 2. The molecule has 5 nitrogen and oxygen atoms in total. The van der Waals surface area contributed by atoms with Crippen molar-refractivity contribution in [3.05, 3.63) is 70.9 Å². The van der Waals surface area contributed by atoms with Gasteiger partial charge in [0.2, 0.25) is 0 Å². The summed E-state index contributed by atoms with van der Waals surface area (Å²) in [5.74, 6) is 0.571. The molecule has 0 bridgehead atoms. The Hall–Kier alpha value is -3.34. The van der Waals surface area contributed by atoms with E-state index in [4.69, 9.17) is 9.47 Å². The average molecular weight is 403 g/mol. The van der Waals surface area contributed by atoms with Crippen LogP contribution >= 0.6 is 0 Å². The third-order valence-corrected chi connectivity index (χ3v) is 5.34. The molecule has 0 saturated heterocycles. The lowest BCUT2D eigenvalue weighted by molar-refractivity contribution is -0.105. The topological polar surface area (TPSA) is 57.5 Å². The van der Waals surface area contributed by atoms with Crippen LogP contribution in [-0.4, -0.2) is 29.7 Å². The molecule has 0 fully saturated rings. The Kier molecular flexibility index (Phi) is 4.98. The van der Waals surface area contributed by atoms with E-state index in [0.29, 0.717) is 17.7 Å². The molecule has 5 heteroatoms. The fourth-order valence-electron chi connectivity index (χ4n) is 4.04. The molecule has 154 valence electrons. The third kappa shape index (κ3) is 3.52. The second kappa shape index (κ2) is 7.48. The number of aromatic nitrogens is 1. The van der Waals surface area contributed by atoms with Gasteiger partial charge in [-0.1, -0.05) is 30.3 Å². The van der Waals surface area contributed by atoms with Gasteiger partial charge in [0.15, 0.2) is 0 Å². The first-order valence-electron chi connectivity index (χ1n) is 9.99. The summed E-state index contributed by atoms with van der Waals surface area (Å²) in [4.78, 5) is 25.1. The molecule has 1 aromatic heterocycles. The normalized spacial score (nSPS) is 16.0. The second-order valence-electron chi connectivity index (χ2n) is 8.49. The van der Waals surface area contributed by atoms with E-state index in [1.807, 2.05) is 75.4 Å². The van der Waals surface area contributed by atoms with E-state index >= 15 is 0 Å². The number of nitrogens with zero attached hydrogens (tertiary/aromatic N) is 1. The van der Waals surface area contributed by atoms with Gasteiger partial charge in [-0.3, -0.25) is 4.79 Å². The molecule has 3 aromatic rings. The SMILES string of the molecule is COc1ccc2c(c1)c1c(n2C(=O)OC(C)(C)C)C[C@H](c2ccccc2)C(C=O)=C1. The van der Waals surface area contributed by atoms with Crippen molar-refractivity contribution in [1.82, 2.24) is 4.57 Å². The van der Waals surface area contributed by atoms with Gasteiger partial charge in [0.05, 0.1) is 12.6 Å². The van der Waals surface area contributed by atoms with Crippen LogP contribution in [0.2, 0.25) is 0 Å². The molecule has 0 amide bonds. The number of ether oxygens (including phenoxy) is 2. The Morgan fingerprint density at radius 2 is 1.87 bits per heavy atom. The summed E-state index contributed by atoms with van der Waals surface area (Å²) < 4.78 is 12.7. The molecule has 0 radical (unpaired) electrons. The van der Waals surface area contributed by atoms with E-state index in [9.17, 15) is 9.59 Å². The Labute approximate surface area is 175 Å². The number of benzene rings is 2. The molecule has 1 aliphatic carbocycles. The van der Waals surface area contributed by atoms with Crippen molar-refractivity contribution in [1.29, 1.82) is 0 Å². The molecule has 0 unspecified atom stereocenters. The van der Waals surface area contributed by atoms with E-state index in [2.05, 4.69) is 0 Å². The summed E-state index contributed by atoms with van der Waals surface area (Å²) >= 11 is 0. The summed E-state index contributed by atoms with van der Waals surface area (Å²) in [6.07, 6.45) is 2.91. The van der Waals surface area contributed by atoms with Gasteiger partial charge in [-0.05, 0) is 57.0 Å². The van der Waals surface area contributed by atoms with Gasteiger partial charge >= 0.3 is 6.09 Å². The zero-order chi connectivity index (χ0) is 21.5. The zero-order valence-electron chi connectivity index (χ0n) is 17.6. The lowest BCUT2D eigenvalue weighted by atomic mass is 9.82. The quantitative estimate of drug-likeness (QED) is 0.553. The molecular weight excluding hydrogens is 378 g/mol. The van der Waals surface area contributed by atoms with Gasteiger partial charge in [0, 0.05) is 28.1 Å². The van der Waals surface area contributed by atoms with Crippen LogP contribution in [0.25, 0.3) is 17.0 Å². The minimum absolute atomic E-state index is 0.122. The maximum absolute atomic E-state index is 13.2. The molecule has 30 heavy (non-hydrogen) atoms. The number of hydrogen-bond donors (Lipinski definition) is 0. The summed E-state index contributed by atoms with van der Waals surface area (Å²) in [5, 5.41) is 0.862. The number of fused-ring (bicyclic) bond motifs is 3. The lowest BCUT2D eigenvalue weighted by Gasteiger charge is -2.25. The van der Waals surface area contributed by atoms with Crippen molar-refractivity contribution in [3.63, 3.8) is 0 Å². The van der Waals surface area contributed by atoms with Crippen LogP contribution in [0.15, 0.2) is 54.1 Å². The smallest absolute Gasteiger partial charge is 0.419 e. The summed E-state index contributed by atoms with van der Waals surface area (Å²) in [5.41, 5.74) is 3.56. The summed E-state index contributed by atoms with van der Waals surface area (Å²) in [7, 11) is 1.61. The minimum atomic E-state index is -0.621. The van der Waals surface area contributed by atoms with Crippen LogP contribution in [-0.2, 0) is 16.0 Å². The van der Waals surface area contributed by atoms with Gasteiger partial charge in [0.25, 0.3) is 0 Å². The Morgan fingerprint density at radius 1 is 1.13 bits per heavy atom. The van der Waals surface area contributed by atoms with Gasteiger partial charge in [-0.2, -0.15) is 0 Å². The van der Waals surface area contributed by atoms with Gasteiger partial charge in [0.1, 0.15) is 17.6 Å². The van der Waals surface area contributed by atoms with Gasteiger partial charge < -0.3 is 9.47 Å². The van der Waals surface area contributed by atoms with Crippen LogP contribution in [0, 0.1) is 0 Å². The van der Waals surface area contributed by atoms with E-state index in [1.54, 1.807) is 11.7 Å². The second-order valence-corrected chi connectivity index (χ2v) is 8.49. The maximum atomic E-state index is 13.2. The molecule has 0 saturated carbocycles. The first kappa shape index (κ1) is 20.0. The van der Waals surface area contributed by atoms with Crippen LogP contribution in [0.3, 0.4) is 0 Å². The number of methoxy groups -OCH3 is 1. The van der Waals surface area contributed by atoms with E-state index in [0.717, 1.165) is 34.0 Å². The van der Waals surface area contributed by atoms with E-state index in [-0.39, 0.29) is 5.92 Å². The zero-order valence-corrected chi connectivity index (χ0v) is 17.6. The standard InChI is InChI=1S/C25H25NO4/c1-25(2,3)30-24(28)26-22-11-10-18(29-4)13-21(22)20-12-17(15-27)19(14-23(20)26)16-8-6-5-7-9-16/h5-13,15,19H,14H2,1-4H3/t19-/m1/s1. The van der Waals surface area contributed by atoms with E-state index in [1.165, 1.54) is 0 Å². The molecule has 0 N–H and O–H groups in total.